The first-order valence-electron chi connectivity index (χ1n) is 10.4. The molecule has 200 valence electrons. The maximum atomic E-state index is 15.3. The molecule has 5 aromatic carbocycles. The van der Waals surface area contributed by atoms with E-state index in [1.165, 1.54) is 0 Å². The minimum atomic E-state index is -2.68. The Kier molecular flexibility index (Phi) is 6.00. The maximum absolute atomic E-state index is 15.3. The van der Waals surface area contributed by atoms with Crippen LogP contribution in [0, 0.1) is 75.6 Å². The molecule has 0 amide bonds. The van der Waals surface area contributed by atoms with Gasteiger partial charge in [-0.3, -0.25) is 0 Å². The fourth-order valence-corrected chi connectivity index (χ4v) is 4.42. The lowest BCUT2D eigenvalue weighted by atomic mass is 9.84. The maximum Gasteiger partial charge on any atom is 0.200 e. The van der Waals surface area contributed by atoms with Gasteiger partial charge in [-0.2, -0.15) is 0 Å². The number of hydrogen-bond donors (Lipinski definition) is 0. The number of hydrogen-bond acceptors (Lipinski definition) is 0. The highest BCUT2D eigenvalue weighted by molar-refractivity contribution is 6.22. The van der Waals surface area contributed by atoms with Crippen LogP contribution in [0.4, 0.5) is 57.1 Å². The number of halogens is 13. The van der Waals surface area contributed by atoms with E-state index in [9.17, 15) is 43.9 Å². The van der Waals surface area contributed by atoms with Crippen molar-refractivity contribution in [1.82, 2.24) is 0 Å². The van der Waals surface area contributed by atoms with Crippen LogP contribution in [0.1, 0.15) is 0 Å². The molecule has 0 atom stereocenters. The second-order valence-corrected chi connectivity index (χ2v) is 8.12. The molecule has 13 heteroatoms. The number of rotatable bonds is 2. The molecule has 0 aromatic heterocycles. The van der Waals surface area contributed by atoms with E-state index in [-0.39, 0.29) is 12.1 Å². The third-order valence-corrected chi connectivity index (χ3v) is 6.03. The quantitative estimate of drug-likeness (QED) is 0.0869. The highest BCUT2D eigenvalue weighted by Gasteiger charge is 2.34. The van der Waals surface area contributed by atoms with Gasteiger partial charge in [0.2, 0.25) is 5.82 Å². The van der Waals surface area contributed by atoms with Gasteiger partial charge < -0.3 is 0 Å². The van der Waals surface area contributed by atoms with E-state index in [4.69, 9.17) is 0 Å². The van der Waals surface area contributed by atoms with Gasteiger partial charge in [-0.1, -0.05) is 12.1 Å². The molecule has 0 aliphatic rings. The summed E-state index contributed by atoms with van der Waals surface area (Å²) in [7, 11) is 0. The average molecular weight is 564 g/mol. The molecule has 0 saturated heterocycles. The lowest BCUT2D eigenvalue weighted by molar-refractivity contribution is 0.381. The molecule has 0 radical (unpaired) electrons. The van der Waals surface area contributed by atoms with Crippen LogP contribution in [0.15, 0.2) is 30.3 Å². The molecule has 5 rings (SSSR count). The van der Waals surface area contributed by atoms with Crippen molar-refractivity contribution in [1.29, 1.82) is 0 Å². The summed E-state index contributed by atoms with van der Waals surface area (Å²) in [5, 5.41) is -5.35. The third-order valence-electron chi connectivity index (χ3n) is 6.03. The number of fused-ring (bicyclic) bond motifs is 2. The summed E-state index contributed by atoms with van der Waals surface area (Å²) in [6.45, 7) is 0. The second kappa shape index (κ2) is 8.89. The van der Waals surface area contributed by atoms with Gasteiger partial charge >= 0.3 is 0 Å². The first-order chi connectivity index (χ1) is 18.3. The van der Waals surface area contributed by atoms with Gasteiger partial charge in [-0.25, -0.2) is 57.1 Å². The monoisotopic (exact) mass is 564 g/mol. The van der Waals surface area contributed by atoms with Gasteiger partial charge in [-0.15, -0.1) is 0 Å². The Balaban J connectivity index is 2.21. The standard InChI is InChI=1S/C26H5F13/c27-8-3-1-2-7-11(6-4-9(28)17(30)10(29)5-6)14-15(19(32)23(36)22(35)18(14)31)13(12(7)8)16-20(33)24(37)26(39)25(38)21(16)34/h1-5H. The zero-order chi connectivity index (χ0) is 28.7. The van der Waals surface area contributed by atoms with E-state index >= 15 is 13.2 Å². The highest BCUT2D eigenvalue weighted by Crippen LogP contribution is 2.49. The fraction of sp³-hybridized carbons (Fsp3) is 0. The molecule has 0 nitrogen and oxygen atoms in total. The molecule has 0 spiro atoms. The smallest absolute Gasteiger partial charge is 0.200 e. The van der Waals surface area contributed by atoms with Crippen molar-refractivity contribution in [3.63, 3.8) is 0 Å². The van der Waals surface area contributed by atoms with E-state index in [0.717, 1.165) is 12.1 Å². The molecule has 5 aromatic rings. The summed E-state index contributed by atoms with van der Waals surface area (Å²) in [4.78, 5) is 0. The molecule has 0 N–H and O–H groups in total. The normalized spacial score (nSPS) is 11.7. The summed E-state index contributed by atoms with van der Waals surface area (Å²) in [6.07, 6.45) is 0. The van der Waals surface area contributed by atoms with Crippen LogP contribution in [-0.4, -0.2) is 0 Å². The first kappa shape index (κ1) is 26.3. The Morgan fingerprint density at radius 2 is 0.769 bits per heavy atom. The Morgan fingerprint density at radius 3 is 1.28 bits per heavy atom. The zero-order valence-corrected chi connectivity index (χ0v) is 18.3. The largest absolute Gasteiger partial charge is 0.206 e. The van der Waals surface area contributed by atoms with Gasteiger partial charge in [0.15, 0.2) is 64.0 Å². The number of benzene rings is 5. The lowest BCUT2D eigenvalue weighted by Crippen LogP contribution is -2.08. The first-order valence-corrected chi connectivity index (χ1v) is 10.4. The zero-order valence-electron chi connectivity index (χ0n) is 18.3. The Hall–Kier alpha value is -4.29. The van der Waals surface area contributed by atoms with Crippen molar-refractivity contribution >= 4 is 21.5 Å². The third kappa shape index (κ3) is 3.55. The summed E-state index contributed by atoms with van der Waals surface area (Å²) < 4.78 is 188. The Labute approximate surface area is 207 Å². The average Bonchev–Trinajstić information content (AvgIpc) is 2.90. The van der Waals surface area contributed by atoms with Gasteiger partial charge in [0, 0.05) is 27.3 Å². The predicted octanol–water partition coefficient (Wildman–Crippen LogP) is 9.14. The SMILES string of the molecule is Fc1cc(-c2c3cccc(F)c3c(-c3c(F)c(F)c(F)c(F)c3F)c3c(F)c(F)c(F)c(F)c23)cc(F)c1F. The summed E-state index contributed by atoms with van der Waals surface area (Å²) in [5.74, 6) is -30.7. The van der Waals surface area contributed by atoms with Crippen molar-refractivity contribution in [2.24, 2.45) is 0 Å². The van der Waals surface area contributed by atoms with E-state index in [2.05, 4.69) is 0 Å². The van der Waals surface area contributed by atoms with Crippen molar-refractivity contribution in [3.8, 4) is 22.3 Å². The molecule has 0 aliphatic carbocycles. The van der Waals surface area contributed by atoms with Crippen LogP contribution in [0.25, 0.3) is 43.8 Å². The molecule has 0 unspecified atom stereocenters. The fourth-order valence-electron chi connectivity index (χ4n) is 4.42. The Morgan fingerprint density at radius 1 is 0.333 bits per heavy atom. The molecular weight excluding hydrogens is 559 g/mol. The van der Waals surface area contributed by atoms with E-state index in [1.54, 1.807) is 0 Å². The summed E-state index contributed by atoms with van der Waals surface area (Å²) >= 11 is 0. The predicted molar refractivity (Wildman–Crippen MR) is 112 cm³/mol. The van der Waals surface area contributed by atoms with E-state index in [1.807, 2.05) is 0 Å². The van der Waals surface area contributed by atoms with Crippen LogP contribution < -0.4 is 0 Å². The lowest BCUT2D eigenvalue weighted by Gasteiger charge is -2.20. The van der Waals surface area contributed by atoms with Crippen molar-refractivity contribution in [2.45, 2.75) is 0 Å². The van der Waals surface area contributed by atoms with Crippen molar-refractivity contribution in [2.75, 3.05) is 0 Å². The molecule has 39 heavy (non-hydrogen) atoms. The van der Waals surface area contributed by atoms with Crippen LogP contribution in [-0.2, 0) is 0 Å². The van der Waals surface area contributed by atoms with Crippen LogP contribution in [0.3, 0.4) is 0 Å². The van der Waals surface area contributed by atoms with Crippen LogP contribution >= 0.6 is 0 Å². The van der Waals surface area contributed by atoms with Gasteiger partial charge in [0.25, 0.3) is 0 Å². The van der Waals surface area contributed by atoms with Gasteiger partial charge in [0.1, 0.15) is 5.82 Å². The Bertz CT molecular complexity index is 1840. The molecule has 0 bridgehead atoms. The summed E-state index contributed by atoms with van der Waals surface area (Å²) in [6, 6.07) is 2.52. The molecule has 0 saturated carbocycles. The molecule has 0 aliphatic heterocycles. The minimum absolute atomic E-state index is 0.189. The molecule has 0 fully saturated rings. The van der Waals surface area contributed by atoms with E-state index in [0.29, 0.717) is 6.07 Å². The van der Waals surface area contributed by atoms with Crippen molar-refractivity contribution < 1.29 is 57.1 Å². The van der Waals surface area contributed by atoms with Crippen LogP contribution in [0.2, 0.25) is 0 Å². The van der Waals surface area contributed by atoms with Crippen molar-refractivity contribution in [3.05, 3.63) is 106 Å². The van der Waals surface area contributed by atoms with Crippen LogP contribution in [0.5, 0.6) is 0 Å². The van der Waals surface area contributed by atoms with Gasteiger partial charge in [-0.05, 0) is 29.1 Å². The highest BCUT2D eigenvalue weighted by atomic mass is 19.2. The molecular formula is C26H5F13. The second-order valence-electron chi connectivity index (χ2n) is 8.12. The molecule has 0 heterocycles. The van der Waals surface area contributed by atoms with E-state index < -0.39 is 119 Å². The van der Waals surface area contributed by atoms with Gasteiger partial charge in [0.05, 0.1) is 5.56 Å². The topological polar surface area (TPSA) is 0 Å². The minimum Gasteiger partial charge on any atom is -0.206 e. The summed E-state index contributed by atoms with van der Waals surface area (Å²) in [5.41, 5.74) is -5.62.